The molecular weight excluding hydrogens is 193 g/mol. The molecule has 0 aliphatic heterocycles. The Bertz CT molecular complexity index is 334. The van der Waals surface area contributed by atoms with Gasteiger partial charge < -0.3 is 10.4 Å². The fraction of sp³-hybridized carbons (Fsp3) is 0.500. The van der Waals surface area contributed by atoms with Crippen LogP contribution in [0.25, 0.3) is 0 Å². The minimum absolute atomic E-state index is 0.263. The van der Waals surface area contributed by atoms with Crippen molar-refractivity contribution >= 4 is 0 Å². The molecule has 0 aromatic heterocycles. The second-order valence-corrected chi connectivity index (χ2v) is 4.24. The number of nitrogens with one attached hydrogen (secondary N) is 1. The third kappa shape index (κ3) is 2.03. The van der Waals surface area contributed by atoms with Crippen molar-refractivity contribution in [2.45, 2.75) is 18.4 Å². The number of hydrogen-bond donors (Lipinski definition) is 2. The highest BCUT2D eigenvalue weighted by molar-refractivity contribution is 5.26. The van der Waals surface area contributed by atoms with Gasteiger partial charge in [-0.3, -0.25) is 0 Å². The first-order valence-corrected chi connectivity index (χ1v) is 5.30. The molecule has 2 rings (SSSR count). The van der Waals surface area contributed by atoms with E-state index in [9.17, 15) is 9.50 Å². The third-order valence-electron chi connectivity index (χ3n) is 3.04. The second-order valence-electron chi connectivity index (χ2n) is 4.24. The van der Waals surface area contributed by atoms with E-state index >= 15 is 0 Å². The number of hydrogen-bond acceptors (Lipinski definition) is 2. The summed E-state index contributed by atoms with van der Waals surface area (Å²) in [6, 6.07) is 6.15. The van der Waals surface area contributed by atoms with Gasteiger partial charge in [0, 0.05) is 6.54 Å². The zero-order valence-corrected chi connectivity index (χ0v) is 8.83. The van der Waals surface area contributed by atoms with Crippen LogP contribution in [0.3, 0.4) is 0 Å². The minimum Gasteiger partial charge on any atom is -0.384 e. The fourth-order valence-corrected chi connectivity index (χ4v) is 2.05. The van der Waals surface area contributed by atoms with Crippen LogP contribution in [0.15, 0.2) is 24.3 Å². The molecule has 1 atom stereocenters. The highest BCUT2D eigenvalue weighted by Gasteiger charge is 2.44. The van der Waals surface area contributed by atoms with E-state index < -0.39 is 5.60 Å². The van der Waals surface area contributed by atoms with Crippen molar-refractivity contribution in [2.75, 3.05) is 13.6 Å². The molecule has 82 valence electrons. The number of halogens is 1. The lowest BCUT2D eigenvalue weighted by molar-refractivity contribution is 0.0152. The maximum atomic E-state index is 12.8. The first-order valence-electron chi connectivity index (χ1n) is 5.30. The van der Waals surface area contributed by atoms with E-state index in [0.717, 1.165) is 18.4 Å². The lowest BCUT2D eigenvalue weighted by atomic mass is 9.89. The number of likely N-dealkylation sites (N-methyl/N-ethyl adjacent to an activating group) is 1. The van der Waals surface area contributed by atoms with Crippen LogP contribution >= 0.6 is 0 Å². The van der Waals surface area contributed by atoms with Crippen molar-refractivity contribution in [3.05, 3.63) is 35.6 Å². The van der Waals surface area contributed by atoms with Crippen LogP contribution in [0.2, 0.25) is 0 Å². The molecule has 1 fully saturated rings. The summed E-state index contributed by atoms with van der Waals surface area (Å²) in [5.74, 6) is 0.0526. The zero-order chi connectivity index (χ0) is 10.9. The molecule has 0 saturated heterocycles. The Kier molecular flexibility index (Phi) is 2.76. The predicted molar refractivity (Wildman–Crippen MR) is 56.9 cm³/mol. The van der Waals surface area contributed by atoms with Crippen LogP contribution in [0.5, 0.6) is 0 Å². The average Bonchev–Trinajstić information content (AvgIpc) is 3.02. The molecule has 3 heteroatoms. The Morgan fingerprint density at radius 2 is 2.00 bits per heavy atom. The Morgan fingerprint density at radius 3 is 2.47 bits per heavy atom. The first-order chi connectivity index (χ1) is 7.16. The van der Waals surface area contributed by atoms with E-state index in [1.165, 1.54) is 12.1 Å². The smallest absolute Gasteiger partial charge is 0.123 e. The minimum atomic E-state index is -0.831. The summed E-state index contributed by atoms with van der Waals surface area (Å²) < 4.78 is 12.8. The SMILES string of the molecule is CNCC(O)(c1ccc(F)cc1)C1CC1. The van der Waals surface area contributed by atoms with Crippen molar-refractivity contribution in [1.82, 2.24) is 5.32 Å². The van der Waals surface area contributed by atoms with Crippen molar-refractivity contribution in [3.63, 3.8) is 0 Å². The standard InChI is InChI=1S/C12H16FNO/c1-14-8-12(15,9-2-3-9)10-4-6-11(13)7-5-10/h4-7,9,14-15H,2-3,8H2,1H3. The van der Waals surface area contributed by atoms with E-state index in [4.69, 9.17) is 0 Å². The van der Waals surface area contributed by atoms with Gasteiger partial charge in [0.1, 0.15) is 11.4 Å². The van der Waals surface area contributed by atoms with Crippen molar-refractivity contribution in [2.24, 2.45) is 5.92 Å². The Morgan fingerprint density at radius 1 is 1.40 bits per heavy atom. The number of aliphatic hydroxyl groups is 1. The normalized spacial score (nSPS) is 19.9. The monoisotopic (exact) mass is 209 g/mol. The van der Waals surface area contributed by atoms with Gasteiger partial charge in [-0.1, -0.05) is 12.1 Å². The molecule has 1 aliphatic carbocycles. The molecule has 1 saturated carbocycles. The molecule has 1 aromatic carbocycles. The maximum absolute atomic E-state index is 12.8. The van der Waals surface area contributed by atoms with Gasteiger partial charge in [0.15, 0.2) is 0 Å². The van der Waals surface area contributed by atoms with Crippen LogP contribution in [0, 0.1) is 11.7 Å². The van der Waals surface area contributed by atoms with Crippen molar-refractivity contribution < 1.29 is 9.50 Å². The lowest BCUT2D eigenvalue weighted by Gasteiger charge is -2.28. The maximum Gasteiger partial charge on any atom is 0.123 e. The quantitative estimate of drug-likeness (QED) is 0.790. The molecule has 1 aliphatic rings. The first kappa shape index (κ1) is 10.6. The summed E-state index contributed by atoms with van der Waals surface area (Å²) in [6.45, 7) is 0.517. The molecular formula is C12H16FNO. The summed E-state index contributed by atoms with van der Waals surface area (Å²) >= 11 is 0. The highest BCUT2D eigenvalue weighted by Crippen LogP contribution is 2.45. The number of rotatable bonds is 4. The zero-order valence-electron chi connectivity index (χ0n) is 8.83. The molecule has 0 heterocycles. The van der Waals surface area contributed by atoms with E-state index in [1.807, 2.05) is 7.05 Å². The highest BCUT2D eigenvalue weighted by atomic mass is 19.1. The summed E-state index contributed by atoms with van der Waals surface area (Å²) in [5, 5.41) is 13.5. The van der Waals surface area contributed by atoms with Gasteiger partial charge in [0.05, 0.1) is 0 Å². The van der Waals surface area contributed by atoms with Crippen LogP contribution in [0.4, 0.5) is 4.39 Å². The summed E-state index contributed by atoms with van der Waals surface area (Å²) in [5.41, 5.74) is -0.0247. The predicted octanol–water partition coefficient (Wildman–Crippen LogP) is 1.64. The van der Waals surface area contributed by atoms with Crippen LogP contribution in [-0.2, 0) is 5.60 Å². The molecule has 2 N–H and O–H groups in total. The number of benzene rings is 1. The Labute approximate surface area is 89.1 Å². The average molecular weight is 209 g/mol. The van der Waals surface area contributed by atoms with Gasteiger partial charge in [-0.25, -0.2) is 4.39 Å². The van der Waals surface area contributed by atoms with Crippen molar-refractivity contribution in [1.29, 1.82) is 0 Å². The van der Waals surface area contributed by atoms with Crippen LogP contribution in [0.1, 0.15) is 18.4 Å². The van der Waals surface area contributed by atoms with E-state index in [2.05, 4.69) is 5.32 Å². The molecule has 0 amide bonds. The van der Waals surface area contributed by atoms with Gasteiger partial charge in [-0.2, -0.15) is 0 Å². The largest absolute Gasteiger partial charge is 0.384 e. The Hall–Kier alpha value is -0.930. The molecule has 1 aromatic rings. The van der Waals surface area contributed by atoms with E-state index in [-0.39, 0.29) is 5.82 Å². The molecule has 0 bridgehead atoms. The second kappa shape index (κ2) is 3.91. The third-order valence-corrected chi connectivity index (χ3v) is 3.04. The fourth-order valence-electron chi connectivity index (χ4n) is 2.05. The summed E-state index contributed by atoms with van der Waals surface area (Å²) in [7, 11) is 1.82. The van der Waals surface area contributed by atoms with Crippen LogP contribution < -0.4 is 5.32 Å². The molecule has 15 heavy (non-hydrogen) atoms. The molecule has 0 radical (unpaired) electrons. The molecule has 1 unspecified atom stereocenters. The Balaban J connectivity index is 2.27. The van der Waals surface area contributed by atoms with E-state index in [0.29, 0.717) is 12.5 Å². The van der Waals surface area contributed by atoms with E-state index in [1.54, 1.807) is 12.1 Å². The summed E-state index contributed by atoms with van der Waals surface area (Å²) in [6.07, 6.45) is 2.10. The van der Waals surface area contributed by atoms with Crippen LogP contribution in [-0.4, -0.2) is 18.7 Å². The van der Waals surface area contributed by atoms with Gasteiger partial charge in [0.25, 0.3) is 0 Å². The molecule has 0 spiro atoms. The summed E-state index contributed by atoms with van der Waals surface area (Å²) in [4.78, 5) is 0. The van der Waals surface area contributed by atoms with Gasteiger partial charge in [-0.15, -0.1) is 0 Å². The lowest BCUT2D eigenvalue weighted by Crippen LogP contribution is -2.38. The molecule has 2 nitrogen and oxygen atoms in total. The van der Waals surface area contributed by atoms with Crippen molar-refractivity contribution in [3.8, 4) is 0 Å². The van der Waals surface area contributed by atoms with Gasteiger partial charge in [-0.05, 0) is 43.5 Å². The topological polar surface area (TPSA) is 32.3 Å². The van der Waals surface area contributed by atoms with Gasteiger partial charge in [0.2, 0.25) is 0 Å². The van der Waals surface area contributed by atoms with Gasteiger partial charge >= 0.3 is 0 Å².